The van der Waals surface area contributed by atoms with E-state index in [9.17, 15) is 9.59 Å². The van der Waals surface area contributed by atoms with Crippen LogP contribution in [-0.2, 0) is 0 Å². The number of amides is 2. The molecule has 0 aromatic heterocycles. The highest BCUT2D eigenvalue weighted by atomic mass is 16.2. The fraction of sp³-hybridized carbons (Fsp3) is 0.211. The van der Waals surface area contributed by atoms with Gasteiger partial charge in [0.1, 0.15) is 0 Å². The number of aryl methyl sites for hydroxylation is 1. The molecule has 2 aliphatic rings. The Bertz CT molecular complexity index is 919. The number of nitrogens with zero attached hydrogens (tertiary/aromatic N) is 3. The lowest BCUT2D eigenvalue weighted by atomic mass is 10.1. The first-order valence-corrected chi connectivity index (χ1v) is 8.17. The molecule has 2 amide bonds. The number of anilines is 2. The number of nitrogens with one attached hydrogen (secondary N) is 1. The summed E-state index contributed by atoms with van der Waals surface area (Å²) in [5, 5.41) is 2.89. The van der Waals surface area contributed by atoms with E-state index in [0.717, 1.165) is 17.8 Å². The summed E-state index contributed by atoms with van der Waals surface area (Å²) in [5.74, 6) is 0.395. The second-order valence-corrected chi connectivity index (χ2v) is 6.20. The van der Waals surface area contributed by atoms with E-state index in [-0.39, 0.29) is 11.8 Å². The van der Waals surface area contributed by atoms with E-state index in [4.69, 9.17) is 0 Å². The van der Waals surface area contributed by atoms with Crippen LogP contribution >= 0.6 is 0 Å². The van der Waals surface area contributed by atoms with Gasteiger partial charge in [-0.25, -0.2) is 0 Å². The Morgan fingerprint density at radius 2 is 2.00 bits per heavy atom. The van der Waals surface area contributed by atoms with E-state index in [1.165, 1.54) is 0 Å². The molecule has 0 atom stereocenters. The van der Waals surface area contributed by atoms with Crippen molar-refractivity contribution in [2.24, 2.45) is 4.99 Å². The molecule has 1 N–H and O–H groups in total. The standard InChI is InChI=1S/C19H18N4O2/c1-12-5-3-4-6-14(12)17(24)21-13-7-8-16-15(11-13)18(25)22(2)19-20-9-10-23(16)19/h3-8,11H,9-10H2,1-2H3,(H,21,24). The van der Waals surface area contributed by atoms with Gasteiger partial charge in [-0.3, -0.25) is 19.5 Å². The smallest absolute Gasteiger partial charge is 0.262 e. The zero-order valence-corrected chi connectivity index (χ0v) is 14.1. The molecule has 0 radical (unpaired) electrons. The molecule has 25 heavy (non-hydrogen) atoms. The van der Waals surface area contributed by atoms with E-state index < -0.39 is 0 Å². The minimum absolute atomic E-state index is 0.112. The van der Waals surface area contributed by atoms with E-state index in [1.807, 2.05) is 42.2 Å². The van der Waals surface area contributed by atoms with Gasteiger partial charge in [-0.2, -0.15) is 0 Å². The summed E-state index contributed by atoms with van der Waals surface area (Å²) in [6.07, 6.45) is 0. The topological polar surface area (TPSA) is 65.0 Å². The quantitative estimate of drug-likeness (QED) is 0.918. The van der Waals surface area contributed by atoms with Gasteiger partial charge in [-0.05, 0) is 36.8 Å². The number of carbonyl (C=O) groups is 2. The molecule has 0 fully saturated rings. The summed E-state index contributed by atoms with van der Waals surface area (Å²) in [6.45, 7) is 3.33. The molecule has 2 aliphatic heterocycles. The van der Waals surface area contributed by atoms with Crippen molar-refractivity contribution >= 4 is 29.1 Å². The Hall–Kier alpha value is -3.15. The molecule has 2 heterocycles. The molecule has 6 nitrogen and oxygen atoms in total. The molecule has 0 unspecified atom stereocenters. The first-order chi connectivity index (χ1) is 12.1. The van der Waals surface area contributed by atoms with Gasteiger partial charge in [0.25, 0.3) is 11.8 Å². The minimum atomic E-state index is -0.182. The van der Waals surface area contributed by atoms with Crippen LogP contribution in [0.3, 0.4) is 0 Å². The highest BCUT2D eigenvalue weighted by Crippen LogP contribution is 2.32. The Kier molecular flexibility index (Phi) is 3.53. The maximum absolute atomic E-state index is 12.6. The Morgan fingerprint density at radius 1 is 1.20 bits per heavy atom. The predicted octanol–water partition coefficient (Wildman–Crippen LogP) is 2.51. The van der Waals surface area contributed by atoms with Crippen molar-refractivity contribution in [1.82, 2.24) is 4.90 Å². The predicted molar refractivity (Wildman–Crippen MR) is 97.3 cm³/mol. The third-order valence-corrected chi connectivity index (χ3v) is 4.59. The van der Waals surface area contributed by atoms with Crippen LogP contribution in [0.5, 0.6) is 0 Å². The zero-order chi connectivity index (χ0) is 17.6. The van der Waals surface area contributed by atoms with Gasteiger partial charge in [0.2, 0.25) is 5.96 Å². The summed E-state index contributed by atoms with van der Waals surface area (Å²) in [6, 6.07) is 12.8. The number of rotatable bonds is 2. The van der Waals surface area contributed by atoms with Crippen molar-refractivity contribution in [2.45, 2.75) is 6.92 Å². The van der Waals surface area contributed by atoms with Gasteiger partial charge in [-0.15, -0.1) is 0 Å². The lowest BCUT2D eigenvalue weighted by molar-refractivity contribution is 0.0865. The second-order valence-electron chi connectivity index (χ2n) is 6.20. The summed E-state index contributed by atoms with van der Waals surface area (Å²) in [7, 11) is 1.72. The normalized spacial score (nSPS) is 15.6. The molecule has 0 bridgehead atoms. The van der Waals surface area contributed by atoms with Gasteiger partial charge >= 0.3 is 0 Å². The first kappa shape index (κ1) is 15.4. The van der Waals surface area contributed by atoms with Gasteiger partial charge in [0.15, 0.2) is 0 Å². The fourth-order valence-corrected chi connectivity index (χ4v) is 3.27. The number of benzene rings is 2. The van der Waals surface area contributed by atoms with E-state index in [1.54, 1.807) is 24.1 Å². The minimum Gasteiger partial charge on any atom is -0.322 e. The molecule has 0 spiro atoms. The van der Waals surface area contributed by atoms with Crippen molar-refractivity contribution in [3.8, 4) is 0 Å². The van der Waals surface area contributed by atoms with Crippen LogP contribution in [0, 0.1) is 6.92 Å². The largest absolute Gasteiger partial charge is 0.322 e. The number of carbonyl (C=O) groups excluding carboxylic acids is 2. The van der Waals surface area contributed by atoms with Gasteiger partial charge in [0, 0.05) is 24.8 Å². The van der Waals surface area contributed by atoms with Gasteiger partial charge in [-0.1, -0.05) is 18.2 Å². The molecule has 4 rings (SSSR count). The van der Waals surface area contributed by atoms with E-state index >= 15 is 0 Å². The maximum atomic E-state index is 12.6. The maximum Gasteiger partial charge on any atom is 0.262 e. The van der Waals surface area contributed by atoms with Gasteiger partial charge in [0.05, 0.1) is 17.8 Å². The molecule has 2 aromatic carbocycles. The van der Waals surface area contributed by atoms with E-state index in [0.29, 0.717) is 29.3 Å². The van der Waals surface area contributed by atoms with E-state index in [2.05, 4.69) is 10.3 Å². The molecular formula is C19H18N4O2. The molecular weight excluding hydrogens is 316 g/mol. The number of hydrogen-bond acceptors (Lipinski definition) is 4. The third-order valence-electron chi connectivity index (χ3n) is 4.59. The molecule has 0 saturated carbocycles. The first-order valence-electron chi connectivity index (χ1n) is 8.17. The van der Waals surface area contributed by atoms with Crippen molar-refractivity contribution in [2.75, 3.05) is 30.4 Å². The monoisotopic (exact) mass is 334 g/mol. The van der Waals surface area contributed by atoms with Crippen LogP contribution in [0.15, 0.2) is 47.5 Å². The van der Waals surface area contributed by atoms with Crippen LogP contribution in [0.2, 0.25) is 0 Å². The number of aliphatic imine (C=N–C) groups is 1. The molecule has 6 heteroatoms. The molecule has 126 valence electrons. The number of guanidine groups is 1. The molecule has 2 aromatic rings. The number of hydrogen-bond donors (Lipinski definition) is 1. The van der Waals surface area contributed by atoms with Crippen LogP contribution in [0.1, 0.15) is 26.3 Å². The van der Waals surface area contributed by atoms with Crippen molar-refractivity contribution in [3.05, 3.63) is 59.2 Å². The van der Waals surface area contributed by atoms with Crippen molar-refractivity contribution < 1.29 is 9.59 Å². The summed E-state index contributed by atoms with van der Waals surface area (Å²) in [4.78, 5) is 33.1. The average molecular weight is 334 g/mol. The summed E-state index contributed by atoms with van der Waals surface area (Å²) >= 11 is 0. The zero-order valence-electron chi connectivity index (χ0n) is 14.1. The Morgan fingerprint density at radius 3 is 2.80 bits per heavy atom. The van der Waals surface area contributed by atoms with Gasteiger partial charge < -0.3 is 10.2 Å². The lowest BCUT2D eigenvalue weighted by Gasteiger charge is -2.33. The SMILES string of the molecule is Cc1ccccc1C(=O)Nc1ccc2c(c1)C(=O)N(C)C1=NCCN12. The highest BCUT2D eigenvalue weighted by Gasteiger charge is 2.35. The second kappa shape index (κ2) is 5.73. The summed E-state index contributed by atoms with van der Waals surface area (Å²) < 4.78 is 0. The van der Waals surface area contributed by atoms with Crippen LogP contribution < -0.4 is 10.2 Å². The summed E-state index contributed by atoms with van der Waals surface area (Å²) in [5.41, 5.74) is 3.55. The average Bonchev–Trinajstić information content (AvgIpc) is 3.10. The van der Waals surface area contributed by atoms with Crippen LogP contribution in [0.4, 0.5) is 11.4 Å². The number of fused-ring (bicyclic) bond motifs is 3. The molecule has 0 aliphatic carbocycles. The third kappa shape index (κ3) is 2.46. The highest BCUT2D eigenvalue weighted by molar-refractivity contribution is 6.19. The lowest BCUT2D eigenvalue weighted by Crippen LogP contribution is -2.48. The van der Waals surface area contributed by atoms with Crippen LogP contribution in [0.25, 0.3) is 0 Å². The fourth-order valence-electron chi connectivity index (χ4n) is 3.27. The Balaban J connectivity index is 1.66. The van der Waals surface area contributed by atoms with Crippen molar-refractivity contribution in [1.29, 1.82) is 0 Å². The molecule has 0 saturated heterocycles. The van der Waals surface area contributed by atoms with Crippen molar-refractivity contribution in [3.63, 3.8) is 0 Å². The van der Waals surface area contributed by atoms with Crippen LogP contribution in [-0.4, -0.2) is 42.8 Å². The Labute approximate surface area is 145 Å².